The summed E-state index contributed by atoms with van der Waals surface area (Å²) in [6.45, 7) is 3.73. The zero-order chi connectivity index (χ0) is 24.0. The first-order valence-corrected chi connectivity index (χ1v) is 10.6. The third-order valence-electron chi connectivity index (χ3n) is 4.74. The molecule has 0 heterocycles. The van der Waals surface area contributed by atoms with Crippen molar-refractivity contribution in [3.05, 3.63) is 93.5 Å². The highest BCUT2D eigenvalue weighted by Crippen LogP contribution is 2.25. The topological polar surface area (TPSA) is 64.6 Å². The van der Waals surface area contributed by atoms with Crippen LogP contribution in [0.15, 0.2) is 54.6 Å². The van der Waals surface area contributed by atoms with Gasteiger partial charge >= 0.3 is 5.97 Å². The van der Waals surface area contributed by atoms with Gasteiger partial charge in [-0.15, -0.1) is 0 Å². The number of esters is 1. The summed E-state index contributed by atoms with van der Waals surface area (Å²) in [6.07, 6.45) is -0.277. The van der Waals surface area contributed by atoms with Crippen molar-refractivity contribution < 1.29 is 27.8 Å². The van der Waals surface area contributed by atoms with Gasteiger partial charge in [0.15, 0.2) is 0 Å². The second-order valence-corrected chi connectivity index (χ2v) is 7.70. The number of carbonyl (C=O) groups is 2. The van der Waals surface area contributed by atoms with Crippen LogP contribution in [0.4, 0.5) is 14.5 Å². The van der Waals surface area contributed by atoms with E-state index in [0.717, 1.165) is 17.7 Å². The Bertz CT molecular complexity index is 1160. The average Bonchev–Trinajstić information content (AvgIpc) is 2.76. The summed E-state index contributed by atoms with van der Waals surface area (Å²) in [5.74, 6) is -2.87. The number of ether oxygens (including phenoxy) is 2. The van der Waals surface area contributed by atoms with Crippen LogP contribution in [0, 0.1) is 18.6 Å². The lowest BCUT2D eigenvalue weighted by Crippen LogP contribution is -2.16. The molecule has 1 N–H and O–H groups in total. The molecule has 33 heavy (non-hydrogen) atoms. The third kappa shape index (κ3) is 6.52. The zero-order valence-corrected chi connectivity index (χ0v) is 18.8. The van der Waals surface area contributed by atoms with E-state index in [1.165, 1.54) is 6.07 Å². The number of nitrogens with one attached hydrogen (secondary N) is 1. The van der Waals surface area contributed by atoms with E-state index in [9.17, 15) is 18.4 Å². The molecule has 8 heteroatoms. The Morgan fingerprint density at radius 2 is 1.73 bits per heavy atom. The molecule has 0 saturated heterocycles. The van der Waals surface area contributed by atoms with Crippen LogP contribution in [-0.4, -0.2) is 18.5 Å². The van der Waals surface area contributed by atoms with E-state index in [4.69, 9.17) is 21.1 Å². The summed E-state index contributed by atoms with van der Waals surface area (Å²) in [6, 6.07) is 14.0. The maximum atomic E-state index is 14.5. The van der Waals surface area contributed by atoms with Gasteiger partial charge in [-0.25, -0.2) is 8.78 Å². The van der Waals surface area contributed by atoms with Crippen LogP contribution >= 0.6 is 11.6 Å². The Morgan fingerprint density at radius 1 is 1.00 bits per heavy atom. The first-order chi connectivity index (χ1) is 15.8. The molecule has 0 aromatic heterocycles. The van der Waals surface area contributed by atoms with E-state index < -0.39 is 29.2 Å². The van der Waals surface area contributed by atoms with Gasteiger partial charge in [0.05, 0.1) is 13.0 Å². The molecule has 0 radical (unpaired) electrons. The van der Waals surface area contributed by atoms with Gasteiger partial charge < -0.3 is 14.8 Å². The number of aryl methyl sites for hydroxylation is 1. The molecule has 0 aliphatic carbocycles. The second kappa shape index (κ2) is 10.9. The Kier molecular flexibility index (Phi) is 8.01. The highest BCUT2D eigenvalue weighted by Gasteiger charge is 2.18. The molecule has 5 nitrogen and oxygen atoms in total. The van der Waals surface area contributed by atoms with Gasteiger partial charge in [-0.2, -0.15) is 0 Å². The van der Waals surface area contributed by atoms with Crippen LogP contribution in [0.1, 0.15) is 34.0 Å². The molecule has 1 amide bonds. The fourth-order valence-corrected chi connectivity index (χ4v) is 3.35. The first-order valence-electron chi connectivity index (χ1n) is 10.2. The summed E-state index contributed by atoms with van der Waals surface area (Å²) in [4.78, 5) is 24.3. The molecule has 0 unspecified atom stereocenters. The van der Waals surface area contributed by atoms with Crippen molar-refractivity contribution in [3.63, 3.8) is 0 Å². The lowest BCUT2D eigenvalue weighted by Gasteiger charge is -2.13. The molecule has 0 saturated carbocycles. The largest absolute Gasteiger partial charge is 0.489 e. The van der Waals surface area contributed by atoms with Crippen molar-refractivity contribution in [2.75, 3.05) is 11.9 Å². The molecule has 0 spiro atoms. The van der Waals surface area contributed by atoms with Crippen LogP contribution < -0.4 is 10.1 Å². The molecular weight excluding hydrogens is 452 g/mol. The summed E-state index contributed by atoms with van der Waals surface area (Å²) in [5, 5.41) is 2.85. The van der Waals surface area contributed by atoms with Gasteiger partial charge in [0.2, 0.25) is 0 Å². The maximum absolute atomic E-state index is 14.5. The second-order valence-electron chi connectivity index (χ2n) is 7.27. The minimum atomic E-state index is -0.992. The predicted molar refractivity (Wildman–Crippen MR) is 122 cm³/mol. The van der Waals surface area contributed by atoms with E-state index in [-0.39, 0.29) is 30.8 Å². The van der Waals surface area contributed by atoms with Crippen LogP contribution in [0.3, 0.4) is 0 Å². The highest BCUT2D eigenvalue weighted by atomic mass is 35.5. The Morgan fingerprint density at radius 3 is 2.39 bits per heavy atom. The molecular formula is C25H22ClF2NO4. The monoisotopic (exact) mass is 473 g/mol. The smallest absolute Gasteiger partial charge is 0.310 e. The molecule has 3 rings (SSSR count). The van der Waals surface area contributed by atoms with Crippen LogP contribution in [0.5, 0.6) is 5.75 Å². The SMILES string of the molecule is CCOC(=O)Cc1cc(F)c(NC(=O)c2cc(OCc3cccc(Cl)c3)ccc2C)c(F)c1. The zero-order valence-electron chi connectivity index (χ0n) is 18.1. The van der Waals surface area contributed by atoms with Crippen LogP contribution in [0.2, 0.25) is 5.02 Å². The molecule has 3 aromatic rings. The Balaban J connectivity index is 1.74. The van der Waals surface area contributed by atoms with Crippen molar-refractivity contribution in [2.24, 2.45) is 0 Å². The normalized spacial score (nSPS) is 10.6. The van der Waals surface area contributed by atoms with Gasteiger partial charge in [0.1, 0.15) is 29.7 Å². The van der Waals surface area contributed by atoms with Crippen molar-refractivity contribution in [1.29, 1.82) is 0 Å². The van der Waals surface area contributed by atoms with E-state index >= 15 is 0 Å². The summed E-state index contributed by atoms with van der Waals surface area (Å²) < 4.78 is 39.5. The lowest BCUT2D eigenvalue weighted by molar-refractivity contribution is -0.142. The molecule has 172 valence electrons. The molecule has 3 aromatic carbocycles. The molecule has 0 bridgehead atoms. The summed E-state index contributed by atoms with van der Waals surface area (Å²) >= 11 is 5.97. The van der Waals surface area contributed by atoms with Crippen molar-refractivity contribution in [3.8, 4) is 5.75 Å². The van der Waals surface area contributed by atoms with Crippen LogP contribution in [-0.2, 0) is 22.6 Å². The molecule has 0 fully saturated rings. The van der Waals surface area contributed by atoms with E-state index in [2.05, 4.69) is 5.32 Å². The standard InChI is InChI=1S/C25H22ClF2NO4/c1-3-32-23(30)12-17-10-21(27)24(22(28)11-17)29-25(31)20-13-19(8-7-15(20)2)33-14-16-5-4-6-18(26)9-16/h4-11,13H,3,12,14H2,1-2H3,(H,29,31). The van der Waals surface area contributed by atoms with Gasteiger partial charge in [-0.05, 0) is 66.9 Å². The van der Waals surface area contributed by atoms with Crippen molar-refractivity contribution in [2.45, 2.75) is 26.9 Å². The minimum absolute atomic E-state index is 0.106. The maximum Gasteiger partial charge on any atom is 0.310 e. The number of anilines is 1. The van der Waals surface area contributed by atoms with Gasteiger partial charge in [-0.1, -0.05) is 29.8 Å². The quantitative estimate of drug-likeness (QED) is 0.416. The molecule has 0 aliphatic heterocycles. The third-order valence-corrected chi connectivity index (χ3v) is 4.98. The molecule has 0 atom stereocenters. The lowest BCUT2D eigenvalue weighted by atomic mass is 10.1. The average molecular weight is 474 g/mol. The molecule has 0 aliphatic rings. The Labute approximate surface area is 195 Å². The van der Waals surface area contributed by atoms with Crippen LogP contribution in [0.25, 0.3) is 0 Å². The van der Waals surface area contributed by atoms with Gasteiger partial charge in [-0.3, -0.25) is 9.59 Å². The fraction of sp³-hybridized carbons (Fsp3) is 0.200. The van der Waals surface area contributed by atoms with Crippen molar-refractivity contribution >= 4 is 29.2 Å². The number of amides is 1. The first kappa shape index (κ1) is 24.2. The highest BCUT2D eigenvalue weighted by molar-refractivity contribution is 6.30. The van der Waals surface area contributed by atoms with Gasteiger partial charge in [0, 0.05) is 10.6 Å². The van der Waals surface area contributed by atoms with Gasteiger partial charge in [0.25, 0.3) is 5.91 Å². The van der Waals surface area contributed by atoms with Crippen molar-refractivity contribution in [1.82, 2.24) is 0 Å². The van der Waals surface area contributed by atoms with E-state index in [0.29, 0.717) is 16.3 Å². The number of benzene rings is 3. The van der Waals surface area contributed by atoms with E-state index in [1.807, 2.05) is 6.07 Å². The minimum Gasteiger partial charge on any atom is -0.489 e. The number of carbonyl (C=O) groups excluding carboxylic acids is 2. The Hall–Kier alpha value is -3.45. The number of hydrogen-bond acceptors (Lipinski definition) is 4. The summed E-state index contributed by atoms with van der Waals surface area (Å²) in [5.41, 5.74) is 1.16. The number of halogens is 3. The number of hydrogen-bond donors (Lipinski definition) is 1. The van der Waals surface area contributed by atoms with E-state index in [1.54, 1.807) is 44.2 Å². The predicted octanol–water partition coefficient (Wildman–Crippen LogP) is 5.86. The fourth-order valence-electron chi connectivity index (χ4n) is 3.14. The summed E-state index contributed by atoms with van der Waals surface area (Å²) in [7, 11) is 0. The number of rotatable bonds is 8.